The molecule has 0 atom stereocenters. The van der Waals surface area contributed by atoms with Crippen molar-refractivity contribution < 1.29 is 0 Å². The van der Waals surface area contributed by atoms with E-state index in [1.165, 1.54) is 0 Å². The Morgan fingerprint density at radius 2 is 2.24 bits per heavy atom. The van der Waals surface area contributed by atoms with Crippen molar-refractivity contribution in [3.05, 3.63) is 16.6 Å². The maximum atomic E-state index is 4.28. The summed E-state index contributed by atoms with van der Waals surface area (Å²) >= 11 is 1.66. The van der Waals surface area contributed by atoms with Gasteiger partial charge in [0.15, 0.2) is 0 Å². The number of nitrogens with one attached hydrogen (secondary N) is 2. The Hall–Kier alpha value is -0.490. The van der Waals surface area contributed by atoms with E-state index < -0.39 is 0 Å². The summed E-state index contributed by atoms with van der Waals surface area (Å²) in [4.78, 5) is 6.83. The van der Waals surface area contributed by atoms with Crippen molar-refractivity contribution in [1.82, 2.24) is 20.5 Å². The first-order valence-electron chi connectivity index (χ1n) is 6.22. The van der Waals surface area contributed by atoms with Gasteiger partial charge in [0.05, 0.1) is 11.2 Å². The average molecular weight is 254 g/mol. The van der Waals surface area contributed by atoms with Gasteiger partial charge in [0, 0.05) is 50.2 Å². The Morgan fingerprint density at radius 1 is 1.47 bits per heavy atom. The first kappa shape index (κ1) is 13.0. The summed E-state index contributed by atoms with van der Waals surface area (Å²) in [5.41, 5.74) is 3.25. The summed E-state index contributed by atoms with van der Waals surface area (Å²) in [6.45, 7) is 11.0. The summed E-state index contributed by atoms with van der Waals surface area (Å²) in [7, 11) is 0. The molecule has 1 aliphatic heterocycles. The first-order chi connectivity index (χ1) is 8.18. The molecule has 4 nitrogen and oxygen atoms in total. The van der Waals surface area contributed by atoms with Crippen LogP contribution in [0.4, 0.5) is 0 Å². The minimum absolute atomic E-state index is 0.220. The Labute approximate surface area is 107 Å². The second-order valence-corrected chi connectivity index (χ2v) is 5.85. The van der Waals surface area contributed by atoms with E-state index in [0.717, 1.165) is 45.0 Å². The summed E-state index contributed by atoms with van der Waals surface area (Å²) < 4.78 is 0. The molecule has 0 bridgehead atoms. The van der Waals surface area contributed by atoms with E-state index >= 15 is 0 Å². The van der Waals surface area contributed by atoms with Crippen LogP contribution in [0.3, 0.4) is 0 Å². The number of rotatable bonds is 5. The van der Waals surface area contributed by atoms with Gasteiger partial charge in [0.2, 0.25) is 0 Å². The summed E-state index contributed by atoms with van der Waals surface area (Å²) in [6, 6.07) is 0. The zero-order valence-corrected chi connectivity index (χ0v) is 11.5. The van der Waals surface area contributed by atoms with Gasteiger partial charge in [-0.25, -0.2) is 4.98 Å². The average Bonchev–Trinajstić information content (AvgIpc) is 2.83. The second-order valence-electron chi connectivity index (χ2n) is 5.13. The Kier molecular flexibility index (Phi) is 4.50. The Morgan fingerprint density at radius 3 is 2.88 bits per heavy atom. The van der Waals surface area contributed by atoms with E-state index in [-0.39, 0.29) is 5.54 Å². The van der Waals surface area contributed by atoms with Gasteiger partial charge in [-0.3, -0.25) is 4.90 Å². The normalized spacial score (nSPS) is 18.5. The lowest BCUT2D eigenvalue weighted by molar-refractivity contribution is 0.102. The molecule has 2 heterocycles. The third kappa shape index (κ3) is 3.74. The standard InChI is InChI=1S/C12H22N4S/c1-12(2,16-5-3-13-4-6-16)9-14-7-11-8-17-10-15-11/h8,10,13-14H,3-7,9H2,1-2H3. The van der Waals surface area contributed by atoms with Gasteiger partial charge in [0.1, 0.15) is 0 Å². The minimum atomic E-state index is 0.220. The quantitative estimate of drug-likeness (QED) is 0.820. The number of nitrogens with zero attached hydrogens (tertiary/aromatic N) is 2. The van der Waals surface area contributed by atoms with Gasteiger partial charge >= 0.3 is 0 Å². The van der Waals surface area contributed by atoms with Gasteiger partial charge in [-0.05, 0) is 13.8 Å². The second kappa shape index (κ2) is 5.91. The van der Waals surface area contributed by atoms with Crippen molar-refractivity contribution in [2.24, 2.45) is 0 Å². The number of thiazole rings is 1. The first-order valence-corrected chi connectivity index (χ1v) is 7.16. The minimum Gasteiger partial charge on any atom is -0.314 e. The van der Waals surface area contributed by atoms with Crippen LogP contribution in [0.2, 0.25) is 0 Å². The van der Waals surface area contributed by atoms with Gasteiger partial charge in [-0.1, -0.05) is 0 Å². The maximum absolute atomic E-state index is 4.28. The Balaban J connectivity index is 1.76. The molecule has 0 aliphatic carbocycles. The molecule has 1 saturated heterocycles. The molecule has 0 saturated carbocycles. The molecule has 5 heteroatoms. The third-order valence-corrected chi connectivity index (χ3v) is 3.96. The van der Waals surface area contributed by atoms with Crippen molar-refractivity contribution in [2.75, 3.05) is 32.7 Å². The molecule has 17 heavy (non-hydrogen) atoms. The summed E-state index contributed by atoms with van der Waals surface area (Å²) in [6.07, 6.45) is 0. The van der Waals surface area contributed by atoms with Gasteiger partial charge in [-0.2, -0.15) is 0 Å². The van der Waals surface area contributed by atoms with Gasteiger partial charge in [-0.15, -0.1) is 11.3 Å². The predicted molar refractivity (Wildman–Crippen MR) is 72.3 cm³/mol. The highest BCUT2D eigenvalue weighted by Gasteiger charge is 2.27. The largest absolute Gasteiger partial charge is 0.314 e. The van der Waals surface area contributed by atoms with E-state index in [2.05, 4.69) is 39.7 Å². The molecular weight excluding hydrogens is 232 g/mol. The number of piperazine rings is 1. The molecule has 1 aliphatic rings. The lowest BCUT2D eigenvalue weighted by Crippen LogP contribution is -2.57. The van der Waals surface area contributed by atoms with Crippen LogP contribution in [-0.4, -0.2) is 48.1 Å². The van der Waals surface area contributed by atoms with E-state index in [4.69, 9.17) is 0 Å². The molecule has 1 aromatic heterocycles. The van der Waals surface area contributed by atoms with E-state index in [9.17, 15) is 0 Å². The fourth-order valence-electron chi connectivity index (χ4n) is 2.20. The maximum Gasteiger partial charge on any atom is 0.0795 e. The fourth-order valence-corrected chi connectivity index (χ4v) is 2.76. The highest BCUT2D eigenvalue weighted by molar-refractivity contribution is 7.07. The molecule has 0 spiro atoms. The summed E-state index contributed by atoms with van der Waals surface area (Å²) in [5.74, 6) is 0. The number of aromatic nitrogens is 1. The molecule has 96 valence electrons. The molecule has 1 aromatic rings. The lowest BCUT2D eigenvalue weighted by Gasteiger charge is -2.41. The molecule has 2 rings (SSSR count). The fraction of sp³-hybridized carbons (Fsp3) is 0.750. The van der Waals surface area contributed by atoms with Crippen LogP contribution < -0.4 is 10.6 Å². The number of hydrogen-bond acceptors (Lipinski definition) is 5. The highest BCUT2D eigenvalue weighted by atomic mass is 32.1. The molecule has 0 amide bonds. The van der Waals surface area contributed by atoms with Crippen LogP contribution in [0.5, 0.6) is 0 Å². The van der Waals surface area contributed by atoms with Crippen LogP contribution in [-0.2, 0) is 6.54 Å². The number of hydrogen-bond donors (Lipinski definition) is 2. The van der Waals surface area contributed by atoms with Gasteiger partial charge in [0.25, 0.3) is 0 Å². The molecule has 2 N–H and O–H groups in total. The van der Waals surface area contributed by atoms with E-state index in [1.54, 1.807) is 11.3 Å². The van der Waals surface area contributed by atoms with Crippen molar-refractivity contribution in [3.8, 4) is 0 Å². The third-order valence-electron chi connectivity index (χ3n) is 3.32. The molecule has 0 unspecified atom stereocenters. The van der Waals surface area contributed by atoms with Crippen molar-refractivity contribution >= 4 is 11.3 Å². The van der Waals surface area contributed by atoms with Crippen LogP contribution >= 0.6 is 11.3 Å². The highest BCUT2D eigenvalue weighted by Crippen LogP contribution is 2.14. The monoisotopic (exact) mass is 254 g/mol. The molecule has 0 radical (unpaired) electrons. The summed E-state index contributed by atoms with van der Waals surface area (Å²) in [5, 5.41) is 9.00. The Bertz CT molecular complexity index is 317. The van der Waals surface area contributed by atoms with E-state index in [1.807, 2.05) is 5.51 Å². The topological polar surface area (TPSA) is 40.2 Å². The van der Waals surface area contributed by atoms with Crippen molar-refractivity contribution in [1.29, 1.82) is 0 Å². The van der Waals surface area contributed by atoms with Crippen LogP contribution in [0, 0.1) is 0 Å². The van der Waals surface area contributed by atoms with Crippen LogP contribution in [0.1, 0.15) is 19.5 Å². The smallest absolute Gasteiger partial charge is 0.0795 e. The molecule has 0 aromatic carbocycles. The van der Waals surface area contributed by atoms with Crippen molar-refractivity contribution in [2.45, 2.75) is 25.9 Å². The lowest BCUT2D eigenvalue weighted by atomic mass is 10.0. The van der Waals surface area contributed by atoms with Gasteiger partial charge < -0.3 is 10.6 Å². The molecular formula is C12H22N4S. The van der Waals surface area contributed by atoms with Crippen LogP contribution in [0.15, 0.2) is 10.9 Å². The van der Waals surface area contributed by atoms with Crippen molar-refractivity contribution in [3.63, 3.8) is 0 Å². The zero-order chi connectivity index (χ0) is 12.1. The van der Waals surface area contributed by atoms with E-state index in [0.29, 0.717) is 0 Å². The predicted octanol–water partition coefficient (Wildman–Crippen LogP) is 0.916. The zero-order valence-electron chi connectivity index (χ0n) is 10.7. The molecule has 1 fully saturated rings. The van der Waals surface area contributed by atoms with Crippen LogP contribution in [0.25, 0.3) is 0 Å². The SMILES string of the molecule is CC(C)(CNCc1cscn1)N1CCNCC1.